The fraction of sp³-hybridized carbons (Fsp3) is 0.308. The molecule has 2 aromatic rings. The Hall–Kier alpha value is -2.17. The van der Waals surface area contributed by atoms with E-state index in [0.717, 1.165) is 5.69 Å². The topological polar surface area (TPSA) is 72.3 Å². The van der Waals surface area contributed by atoms with Crippen molar-refractivity contribution in [3.63, 3.8) is 0 Å². The molecule has 1 heterocycles. The summed E-state index contributed by atoms with van der Waals surface area (Å²) in [5, 5.41) is 8.93. The summed E-state index contributed by atoms with van der Waals surface area (Å²) in [6, 6.07) is 4.68. The smallest absolute Gasteiger partial charge is 0.335 e. The molecule has 1 aromatic carbocycles. The lowest BCUT2D eigenvalue weighted by atomic mass is 10.1. The second-order valence-corrected chi connectivity index (χ2v) is 4.28. The molecule has 0 atom stereocenters. The van der Waals surface area contributed by atoms with Gasteiger partial charge in [0, 0.05) is 5.92 Å². The third-order valence-electron chi connectivity index (χ3n) is 2.64. The Morgan fingerprint density at radius 1 is 1.28 bits per heavy atom. The van der Waals surface area contributed by atoms with E-state index < -0.39 is 5.97 Å². The number of hydrogen-bond donors (Lipinski definition) is 1. The lowest BCUT2D eigenvalue weighted by Crippen LogP contribution is -2.03. The van der Waals surface area contributed by atoms with Crippen LogP contribution in [-0.4, -0.2) is 28.2 Å². The number of fused-ring (bicyclic) bond motifs is 1. The number of hydrogen-bond acceptors (Lipinski definition) is 4. The predicted molar refractivity (Wildman–Crippen MR) is 67.1 cm³/mol. The third kappa shape index (κ3) is 2.11. The van der Waals surface area contributed by atoms with Gasteiger partial charge < -0.3 is 9.84 Å². The Balaban J connectivity index is 2.67. The van der Waals surface area contributed by atoms with E-state index in [4.69, 9.17) is 9.84 Å². The van der Waals surface area contributed by atoms with E-state index in [0.29, 0.717) is 16.9 Å². The Bertz CT molecular complexity index is 608. The molecule has 0 saturated carbocycles. The van der Waals surface area contributed by atoms with Crippen LogP contribution in [0.1, 0.15) is 35.8 Å². The summed E-state index contributed by atoms with van der Waals surface area (Å²) in [6.07, 6.45) is 0. The van der Waals surface area contributed by atoms with Gasteiger partial charge in [-0.15, -0.1) is 0 Å². The molecule has 1 N–H and O–H groups in total. The minimum Gasteiger partial charge on any atom is -0.480 e. The summed E-state index contributed by atoms with van der Waals surface area (Å²) in [7, 11) is 1.53. The van der Waals surface area contributed by atoms with Gasteiger partial charge in [-0.1, -0.05) is 13.8 Å². The number of carboxylic acid groups (broad SMARTS) is 1. The number of nitrogens with zero attached hydrogens (tertiary/aromatic N) is 2. The number of aromatic nitrogens is 2. The van der Waals surface area contributed by atoms with Crippen LogP contribution in [0.2, 0.25) is 0 Å². The predicted octanol–water partition coefficient (Wildman–Crippen LogP) is 2.46. The standard InChI is InChI=1S/C13H14N2O3/c1-7(2)11-12(18-3)15-10-6-8(13(16)17)4-5-9(10)14-11/h4-7H,1-3H3,(H,16,17). The van der Waals surface area contributed by atoms with Crippen molar-refractivity contribution in [3.05, 3.63) is 29.5 Å². The number of carboxylic acids is 1. The summed E-state index contributed by atoms with van der Waals surface area (Å²) in [5.41, 5.74) is 2.16. The van der Waals surface area contributed by atoms with E-state index in [2.05, 4.69) is 9.97 Å². The number of rotatable bonds is 3. The third-order valence-corrected chi connectivity index (χ3v) is 2.64. The molecule has 0 bridgehead atoms. The lowest BCUT2D eigenvalue weighted by Gasteiger charge is -2.11. The first-order chi connectivity index (χ1) is 8.52. The minimum absolute atomic E-state index is 0.191. The molecule has 0 unspecified atom stereocenters. The number of ether oxygens (including phenoxy) is 1. The molecule has 2 rings (SSSR count). The number of carbonyl (C=O) groups is 1. The van der Waals surface area contributed by atoms with Crippen LogP contribution in [0.4, 0.5) is 0 Å². The lowest BCUT2D eigenvalue weighted by molar-refractivity contribution is 0.0697. The molecule has 94 valence electrons. The molecule has 0 saturated heterocycles. The van der Waals surface area contributed by atoms with Crippen molar-refractivity contribution in [3.8, 4) is 5.88 Å². The maximum Gasteiger partial charge on any atom is 0.335 e. The van der Waals surface area contributed by atoms with E-state index in [1.54, 1.807) is 6.07 Å². The van der Waals surface area contributed by atoms with Gasteiger partial charge in [0.25, 0.3) is 0 Å². The fourth-order valence-corrected chi connectivity index (χ4v) is 1.71. The average Bonchev–Trinajstić information content (AvgIpc) is 2.36. The summed E-state index contributed by atoms with van der Waals surface area (Å²) < 4.78 is 5.19. The number of benzene rings is 1. The van der Waals surface area contributed by atoms with Crippen molar-refractivity contribution in [2.75, 3.05) is 7.11 Å². The molecular weight excluding hydrogens is 232 g/mol. The van der Waals surface area contributed by atoms with Gasteiger partial charge in [-0.3, -0.25) is 0 Å². The van der Waals surface area contributed by atoms with Gasteiger partial charge in [0.15, 0.2) is 0 Å². The van der Waals surface area contributed by atoms with Crippen LogP contribution in [0.25, 0.3) is 11.0 Å². The van der Waals surface area contributed by atoms with Gasteiger partial charge in [0.05, 0.1) is 23.7 Å². The highest BCUT2D eigenvalue weighted by molar-refractivity contribution is 5.92. The van der Waals surface area contributed by atoms with Gasteiger partial charge in [0.2, 0.25) is 5.88 Å². The van der Waals surface area contributed by atoms with Gasteiger partial charge in [0.1, 0.15) is 5.69 Å². The molecule has 0 spiro atoms. The quantitative estimate of drug-likeness (QED) is 0.900. The van der Waals surface area contributed by atoms with Gasteiger partial charge in [-0.2, -0.15) is 0 Å². The van der Waals surface area contributed by atoms with Gasteiger partial charge in [-0.05, 0) is 18.2 Å². The van der Waals surface area contributed by atoms with E-state index in [-0.39, 0.29) is 11.5 Å². The highest BCUT2D eigenvalue weighted by Gasteiger charge is 2.13. The van der Waals surface area contributed by atoms with Crippen LogP contribution in [0.3, 0.4) is 0 Å². The van der Waals surface area contributed by atoms with Crippen LogP contribution in [-0.2, 0) is 0 Å². The first-order valence-electron chi connectivity index (χ1n) is 5.62. The van der Waals surface area contributed by atoms with Crippen molar-refractivity contribution < 1.29 is 14.6 Å². The first-order valence-corrected chi connectivity index (χ1v) is 5.62. The summed E-state index contributed by atoms with van der Waals surface area (Å²) in [4.78, 5) is 19.7. The van der Waals surface area contributed by atoms with Crippen molar-refractivity contribution >= 4 is 17.0 Å². The molecule has 5 nitrogen and oxygen atoms in total. The van der Waals surface area contributed by atoms with E-state index in [9.17, 15) is 4.79 Å². The molecular formula is C13H14N2O3. The largest absolute Gasteiger partial charge is 0.480 e. The van der Waals surface area contributed by atoms with Crippen LogP contribution in [0.5, 0.6) is 5.88 Å². The van der Waals surface area contributed by atoms with Crippen LogP contribution < -0.4 is 4.74 Å². The normalized spacial score (nSPS) is 10.9. The van der Waals surface area contributed by atoms with Crippen molar-refractivity contribution in [2.24, 2.45) is 0 Å². The summed E-state index contributed by atoms with van der Waals surface area (Å²) in [6.45, 7) is 4.01. The molecule has 0 fully saturated rings. The first kappa shape index (κ1) is 12.3. The molecule has 0 aliphatic carbocycles. The minimum atomic E-state index is -0.981. The zero-order valence-corrected chi connectivity index (χ0v) is 10.5. The molecule has 1 aromatic heterocycles. The maximum atomic E-state index is 10.9. The monoisotopic (exact) mass is 246 g/mol. The second-order valence-electron chi connectivity index (χ2n) is 4.28. The van der Waals surface area contributed by atoms with Crippen LogP contribution in [0, 0.1) is 0 Å². The average molecular weight is 246 g/mol. The molecule has 5 heteroatoms. The molecule has 0 aliphatic rings. The zero-order valence-electron chi connectivity index (χ0n) is 10.5. The SMILES string of the molecule is COc1nc2cc(C(=O)O)ccc2nc1C(C)C. The van der Waals surface area contributed by atoms with Crippen LogP contribution in [0.15, 0.2) is 18.2 Å². The van der Waals surface area contributed by atoms with Crippen LogP contribution >= 0.6 is 0 Å². The Morgan fingerprint density at radius 2 is 2.00 bits per heavy atom. The molecule has 0 radical (unpaired) electrons. The molecule has 18 heavy (non-hydrogen) atoms. The zero-order chi connectivity index (χ0) is 13.3. The number of aromatic carboxylic acids is 1. The second kappa shape index (κ2) is 4.60. The van der Waals surface area contributed by atoms with Gasteiger partial charge >= 0.3 is 5.97 Å². The number of methoxy groups -OCH3 is 1. The molecule has 0 amide bonds. The Kier molecular flexibility index (Phi) is 3.14. The highest BCUT2D eigenvalue weighted by Crippen LogP contribution is 2.25. The van der Waals surface area contributed by atoms with E-state index >= 15 is 0 Å². The van der Waals surface area contributed by atoms with Gasteiger partial charge in [-0.25, -0.2) is 14.8 Å². The fourth-order valence-electron chi connectivity index (χ4n) is 1.71. The maximum absolute atomic E-state index is 10.9. The summed E-state index contributed by atoms with van der Waals surface area (Å²) >= 11 is 0. The van der Waals surface area contributed by atoms with Crippen molar-refractivity contribution in [2.45, 2.75) is 19.8 Å². The Morgan fingerprint density at radius 3 is 2.56 bits per heavy atom. The van der Waals surface area contributed by atoms with Crippen molar-refractivity contribution in [1.82, 2.24) is 9.97 Å². The van der Waals surface area contributed by atoms with E-state index in [1.807, 2.05) is 13.8 Å². The molecule has 0 aliphatic heterocycles. The Labute approximate surface area is 104 Å². The highest BCUT2D eigenvalue weighted by atomic mass is 16.5. The summed E-state index contributed by atoms with van der Waals surface area (Å²) in [5.74, 6) is -0.346. The van der Waals surface area contributed by atoms with E-state index in [1.165, 1.54) is 19.2 Å². The van der Waals surface area contributed by atoms with Crippen molar-refractivity contribution in [1.29, 1.82) is 0 Å².